The van der Waals surface area contributed by atoms with Gasteiger partial charge in [-0.25, -0.2) is 0 Å². The summed E-state index contributed by atoms with van der Waals surface area (Å²) in [5.74, 6) is 0. The van der Waals surface area contributed by atoms with E-state index in [9.17, 15) is 0 Å². The van der Waals surface area contributed by atoms with E-state index < -0.39 is 0 Å². The van der Waals surface area contributed by atoms with Gasteiger partial charge in [-0.2, -0.15) is 0 Å². The van der Waals surface area contributed by atoms with Gasteiger partial charge in [0.2, 0.25) is 0 Å². The van der Waals surface area contributed by atoms with Crippen LogP contribution in [0.15, 0.2) is 0 Å². The van der Waals surface area contributed by atoms with Gasteiger partial charge < -0.3 is 0 Å². The first kappa shape index (κ1) is 4.78. The summed E-state index contributed by atoms with van der Waals surface area (Å²) < 4.78 is 3.52. The molecule has 0 fully saturated rings. The topological polar surface area (TPSA) is 35.5 Å². The van der Waals surface area contributed by atoms with Gasteiger partial charge in [0.1, 0.15) is 0 Å². The molecule has 0 aromatic rings. The Morgan fingerprint density at radius 2 is 2.40 bits per heavy atom. The fourth-order valence-corrected chi connectivity index (χ4v) is 0.0527. The summed E-state index contributed by atoms with van der Waals surface area (Å²) in [6.45, 7) is 0.132. The number of carbonyl (C=O) groups is 1. The summed E-state index contributed by atoms with van der Waals surface area (Å²) >= 11 is 3.05. The molecule has 0 bridgehead atoms. The Morgan fingerprint density at radius 1 is 1.80 bits per heavy atom. The molecule has 0 saturated carbocycles. The molecule has 0 aliphatic heterocycles. The zero-order valence-corrected chi connectivity index (χ0v) is 3.14. The summed E-state index contributed by atoms with van der Waals surface area (Å²) in [6, 6.07) is 0. The molecule has 30 valence electrons. The highest BCUT2D eigenvalue weighted by Gasteiger charge is 1.61. The third kappa shape index (κ3) is 3.78. The Labute approximate surface area is 34.4 Å². The van der Waals surface area contributed by atoms with Crippen molar-refractivity contribution in [3.05, 3.63) is 0 Å². The van der Waals surface area contributed by atoms with E-state index >= 15 is 0 Å². The van der Waals surface area contributed by atoms with Crippen molar-refractivity contribution in [1.82, 2.24) is 0 Å². The van der Waals surface area contributed by atoms with Gasteiger partial charge in [-0.3, -0.25) is 9.68 Å². The first-order valence-electron chi connectivity index (χ1n) is 0.821. The van der Waals surface area contributed by atoms with Crippen LogP contribution in [0.3, 0.4) is 0 Å². The first-order valence-corrected chi connectivity index (χ1v) is 1.19. The molecular weight excluding hydrogens is 92.1 g/mol. The fraction of sp³-hybridized carbons (Fsp3) is 0. The molecule has 4 heteroatoms. The maximum atomic E-state index is 9.01. The second-order valence-electron chi connectivity index (χ2n) is 0.267. The second kappa shape index (κ2) is 3.78. The zero-order chi connectivity index (χ0) is 4.12. The summed E-state index contributed by atoms with van der Waals surface area (Å²) in [6.07, 6.45) is 0. The van der Waals surface area contributed by atoms with Gasteiger partial charge >= 0.3 is 6.47 Å². The van der Waals surface area contributed by atoms with Crippen LogP contribution in [0.2, 0.25) is 0 Å². The largest absolute Gasteiger partial charge is 0.332 e. The van der Waals surface area contributed by atoms with E-state index in [1.165, 1.54) is 0 Å². The van der Waals surface area contributed by atoms with Crippen molar-refractivity contribution >= 4 is 19.4 Å². The molecule has 0 aromatic heterocycles. The van der Waals surface area contributed by atoms with E-state index in [4.69, 9.17) is 4.79 Å². The Balaban J connectivity index is 2.40. The summed E-state index contributed by atoms with van der Waals surface area (Å²) in [5, 5.41) is 0. The van der Waals surface area contributed by atoms with Crippen LogP contribution in [0.4, 0.5) is 0 Å². The number of carbonyl (C=O) groups excluding carboxylic acids is 1. The zero-order valence-electron chi connectivity index (χ0n) is 2.25. The highest BCUT2D eigenvalue weighted by Crippen LogP contribution is 1.71. The average Bonchev–Trinajstić information content (AvgIpc) is 1.41. The summed E-state index contributed by atoms with van der Waals surface area (Å²) in [5.41, 5.74) is 0. The highest BCUT2D eigenvalue weighted by molar-refractivity contribution is 7.74. The predicted octanol–water partition coefficient (Wildman–Crippen LogP) is -0.0642. The summed E-state index contributed by atoms with van der Waals surface area (Å²) in [7, 11) is 0. The molecule has 0 saturated heterocycles. The lowest BCUT2D eigenvalue weighted by Gasteiger charge is -1.77. The predicted molar refractivity (Wildman–Crippen MR) is 17.2 cm³/mol. The monoisotopic (exact) mass is 94.0 g/mol. The van der Waals surface area contributed by atoms with Crippen LogP contribution < -0.4 is 0 Å². The van der Waals surface area contributed by atoms with Crippen molar-refractivity contribution in [3.63, 3.8) is 0 Å². The van der Waals surface area contributed by atoms with E-state index in [0.717, 1.165) is 0 Å². The molecule has 0 radical (unpaired) electrons. The molecule has 0 N–H and O–H groups in total. The molecule has 0 heterocycles. The Bertz CT molecular complexity index is 28.1. The average molecular weight is 94.1 g/mol. The SMILES string of the molecule is O=COOS. The lowest BCUT2D eigenvalue weighted by atomic mass is 11.7. The number of hydrogen-bond acceptors (Lipinski definition) is 4. The van der Waals surface area contributed by atoms with Crippen molar-refractivity contribution in [2.45, 2.75) is 0 Å². The molecule has 0 rings (SSSR count). The normalized spacial score (nSPS) is 6.60. The van der Waals surface area contributed by atoms with E-state index in [1.807, 2.05) is 0 Å². The van der Waals surface area contributed by atoms with Crippen LogP contribution >= 0.6 is 12.9 Å². The quantitative estimate of drug-likeness (QED) is 0.171. The lowest BCUT2D eigenvalue weighted by molar-refractivity contribution is -0.186. The molecule has 0 amide bonds. The van der Waals surface area contributed by atoms with Crippen molar-refractivity contribution in [3.8, 4) is 0 Å². The number of rotatable bonds is 2. The van der Waals surface area contributed by atoms with Crippen LogP contribution in [-0.4, -0.2) is 6.47 Å². The van der Waals surface area contributed by atoms with Gasteiger partial charge in [0.25, 0.3) is 0 Å². The smallest absolute Gasteiger partial charge is 0.290 e. The minimum Gasteiger partial charge on any atom is -0.290 e. The van der Waals surface area contributed by atoms with Gasteiger partial charge in [-0.15, -0.1) is 4.33 Å². The van der Waals surface area contributed by atoms with Gasteiger partial charge in [-0.1, -0.05) is 0 Å². The van der Waals surface area contributed by atoms with E-state index in [2.05, 4.69) is 22.1 Å². The minimum absolute atomic E-state index is 0.132. The van der Waals surface area contributed by atoms with Crippen molar-refractivity contribution in [2.75, 3.05) is 0 Å². The highest BCUT2D eigenvalue weighted by atomic mass is 32.1. The van der Waals surface area contributed by atoms with Crippen molar-refractivity contribution in [2.24, 2.45) is 0 Å². The Morgan fingerprint density at radius 3 is 2.40 bits per heavy atom. The Hall–Kier alpha value is -0.220. The molecule has 0 aliphatic carbocycles. The maximum absolute atomic E-state index is 9.01. The molecule has 0 unspecified atom stereocenters. The van der Waals surface area contributed by atoms with Crippen LogP contribution in [0.25, 0.3) is 0 Å². The number of hydrogen-bond donors (Lipinski definition) is 1. The molecule has 0 spiro atoms. The van der Waals surface area contributed by atoms with Gasteiger partial charge in [0.05, 0.1) is 0 Å². The minimum atomic E-state index is 0.132. The van der Waals surface area contributed by atoms with Crippen LogP contribution in [0, 0.1) is 0 Å². The molecule has 0 atom stereocenters. The van der Waals surface area contributed by atoms with Gasteiger partial charge in [0.15, 0.2) is 0 Å². The van der Waals surface area contributed by atoms with Crippen molar-refractivity contribution < 1.29 is 14.0 Å². The van der Waals surface area contributed by atoms with E-state index in [-0.39, 0.29) is 6.47 Å². The molecular formula is CH2O3S. The van der Waals surface area contributed by atoms with Gasteiger partial charge in [0, 0.05) is 12.9 Å². The van der Waals surface area contributed by atoms with Crippen LogP contribution in [0.5, 0.6) is 0 Å². The van der Waals surface area contributed by atoms with Crippen molar-refractivity contribution in [1.29, 1.82) is 0 Å². The maximum Gasteiger partial charge on any atom is 0.332 e. The molecule has 5 heavy (non-hydrogen) atoms. The molecule has 0 aliphatic rings. The van der Waals surface area contributed by atoms with E-state index in [1.54, 1.807) is 0 Å². The standard InChI is InChI=1S/CH2O3S/c2-1-3-4-5/h1,5H. The fourth-order valence-electron chi connectivity index (χ4n) is 0.0176. The third-order valence-corrected chi connectivity index (χ3v) is 0.168. The van der Waals surface area contributed by atoms with Crippen LogP contribution in [-0.2, 0) is 14.0 Å². The Kier molecular flexibility index (Phi) is 3.61. The first-order chi connectivity index (χ1) is 2.41. The van der Waals surface area contributed by atoms with Crippen LogP contribution in [0.1, 0.15) is 0 Å². The second-order valence-corrected chi connectivity index (χ2v) is 0.416. The lowest BCUT2D eigenvalue weighted by Crippen LogP contribution is -1.74. The number of thiol groups is 1. The third-order valence-electron chi connectivity index (χ3n) is 0.0823. The molecule has 0 aromatic carbocycles. The molecule has 3 nitrogen and oxygen atoms in total. The van der Waals surface area contributed by atoms with Gasteiger partial charge in [-0.05, 0) is 0 Å². The summed E-state index contributed by atoms with van der Waals surface area (Å²) in [4.78, 5) is 12.5. The van der Waals surface area contributed by atoms with E-state index in [0.29, 0.717) is 0 Å².